The van der Waals surface area contributed by atoms with Crippen molar-refractivity contribution in [3.05, 3.63) is 52.3 Å². The standard InChI is InChI=1S/C13H13BrFN3O/c1-2-11(12-16-5-6-17-12)18-13(19)9-4-3-8(14)7-10(9)15/h3-7,11H,2H2,1H3,(H,16,17)(H,18,19). The van der Waals surface area contributed by atoms with Crippen molar-refractivity contribution in [2.45, 2.75) is 19.4 Å². The second kappa shape index (κ2) is 5.97. The lowest BCUT2D eigenvalue weighted by molar-refractivity contribution is 0.0930. The first kappa shape index (κ1) is 13.7. The zero-order valence-electron chi connectivity index (χ0n) is 10.3. The van der Waals surface area contributed by atoms with Crippen LogP contribution in [0, 0.1) is 5.82 Å². The summed E-state index contributed by atoms with van der Waals surface area (Å²) >= 11 is 3.15. The minimum atomic E-state index is -0.554. The highest BCUT2D eigenvalue weighted by Crippen LogP contribution is 2.17. The SMILES string of the molecule is CCC(NC(=O)c1ccc(Br)cc1F)c1ncc[nH]1. The van der Waals surface area contributed by atoms with Crippen LogP contribution in [0.1, 0.15) is 35.6 Å². The Balaban J connectivity index is 2.16. The van der Waals surface area contributed by atoms with Gasteiger partial charge in [-0.3, -0.25) is 4.79 Å². The van der Waals surface area contributed by atoms with Gasteiger partial charge in [0.1, 0.15) is 11.6 Å². The van der Waals surface area contributed by atoms with Crippen LogP contribution in [0.15, 0.2) is 35.1 Å². The van der Waals surface area contributed by atoms with Crippen molar-refractivity contribution in [3.63, 3.8) is 0 Å². The van der Waals surface area contributed by atoms with Crippen molar-refractivity contribution in [3.8, 4) is 0 Å². The molecule has 2 N–H and O–H groups in total. The number of nitrogens with zero attached hydrogens (tertiary/aromatic N) is 1. The van der Waals surface area contributed by atoms with E-state index in [1.807, 2.05) is 6.92 Å². The number of hydrogen-bond donors (Lipinski definition) is 2. The fourth-order valence-corrected chi connectivity index (χ4v) is 2.07. The second-order valence-electron chi connectivity index (χ2n) is 4.03. The van der Waals surface area contributed by atoms with Crippen LogP contribution in [0.5, 0.6) is 0 Å². The molecule has 1 unspecified atom stereocenters. The van der Waals surface area contributed by atoms with Crippen LogP contribution in [0.2, 0.25) is 0 Å². The molecule has 4 nitrogen and oxygen atoms in total. The molecule has 0 saturated heterocycles. The van der Waals surface area contributed by atoms with E-state index in [0.29, 0.717) is 16.7 Å². The van der Waals surface area contributed by atoms with Gasteiger partial charge in [-0.15, -0.1) is 0 Å². The van der Waals surface area contributed by atoms with Crippen molar-refractivity contribution >= 4 is 21.8 Å². The molecule has 1 heterocycles. The molecule has 2 aromatic rings. The quantitative estimate of drug-likeness (QED) is 0.906. The summed E-state index contributed by atoms with van der Waals surface area (Å²) in [5.41, 5.74) is 0.0215. The van der Waals surface area contributed by atoms with E-state index in [9.17, 15) is 9.18 Å². The number of amides is 1. The molecule has 0 fully saturated rings. The summed E-state index contributed by atoms with van der Waals surface area (Å²) in [5, 5.41) is 2.76. The molecule has 100 valence electrons. The maximum Gasteiger partial charge on any atom is 0.254 e. The summed E-state index contributed by atoms with van der Waals surface area (Å²) in [7, 11) is 0. The van der Waals surface area contributed by atoms with E-state index in [1.54, 1.807) is 18.5 Å². The van der Waals surface area contributed by atoms with Gasteiger partial charge >= 0.3 is 0 Å². The largest absolute Gasteiger partial charge is 0.347 e. The van der Waals surface area contributed by atoms with Crippen molar-refractivity contribution in [2.75, 3.05) is 0 Å². The van der Waals surface area contributed by atoms with E-state index in [0.717, 1.165) is 0 Å². The van der Waals surface area contributed by atoms with Gasteiger partial charge in [0.05, 0.1) is 11.6 Å². The van der Waals surface area contributed by atoms with Gasteiger partial charge in [0, 0.05) is 16.9 Å². The topological polar surface area (TPSA) is 57.8 Å². The van der Waals surface area contributed by atoms with Crippen LogP contribution >= 0.6 is 15.9 Å². The molecule has 0 saturated carbocycles. The molecule has 0 aliphatic heterocycles. The number of aromatic amines is 1. The summed E-state index contributed by atoms with van der Waals surface area (Å²) in [6.07, 6.45) is 3.96. The molecule has 0 aliphatic carbocycles. The van der Waals surface area contributed by atoms with E-state index in [1.165, 1.54) is 12.1 Å². The number of hydrogen-bond acceptors (Lipinski definition) is 2. The first-order chi connectivity index (χ1) is 9.11. The summed E-state index contributed by atoms with van der Waals surface area (Å²) in [6, 6.07) is 4.09. The molecule has 2 rings (SSSR count). The van der Waals surface area contributed by atoms with E-state index >= 15 is 0 Å². The maximum atomic E-state index is 13.7. The molecule has 0 radical (unpaired) electrons. The lowest BCUT2D eigenvalue weighted by Gasteiger charge is -2.15. The van der Waals surface area contributed by atoms with Crippen LogP contribution in [-0.2, 0) is 0 Å². The Kier molecular flexibility index (Phi) is 4.31. The minimum absolute atomic E-state index is 0.0215. The van der Waals surface area contributed by atoms with Crippen molar-refractivity contribution in [1.82, 2.24) is 15.3 Å². The lowest BCUT2D eigenvalue weighted by Crippen LogP contribution is -2.29. The van der Waals surface area contributed by atoms with Crippen molar-refractivity contribution in [1.29, 1.82) is 0 Å². The maximum absolute atomic E-state index is 13.7. The summed E-state index contributed by atoms with van der Waals surface area (Å²) in [4.78, 5) is 19.1. The minimum Gasteiger partial charge on any atom is -0.347 e. The number of rotatable bonds is 4. The van der Waals surface area contributed by atoms with Gasteiger partial charge in [-0.05, 0) is 24.6 Å². The molecule has 1 aromatic carbocycles. The molecule has 0 spiro atoms. The smallest absolute Gasteiger partial charge is 0.254 e. The van der Waals surface area contributed by atoms with Crippen LogP contribution in [0.3, 0.4) is 0 Å². The van der Waals surface area contributed by atoms with Gasteiger partial charge in [-0.2, -0.15) is 0 Å². The Morgan fingerprint density at radius 1 is 1.58 bits per heavy atom. The summed E-state index contributed by atoms with van der Waals surface area (Å²) < 4.78 is 14.3. The highest BCUT2D eigenvalue weighted by atomic mass is 79.9. The Hall–Kier alpha value is -1.69. The van der Waals surface area contributed by atoms with Crippen LogP contribution in [-0.4, -0.2) is 15.9 Å². The van der Waals surface area contributed by atoms with Gasteiger partial charge in [-0.1, -0.05) is 22.9 Å². The number of imidazole rings is 1. The molecular weight excluding hydrogens is 313 g/mol. The van der Waals surface area contributed by atoms with E-state index in [4.69, 9.17) is 0 Å². The molecule has 0 aliphatic rings. The van der Waals surface area contributed by atoms with Gasteiger partial charge < -0.3 is 10.3 Å². The molecule has 19 heavy (non-hydrogen) atoms. The fourth-order valence-electron chi connectivity index (χ4n) is 1.74. The number of carbonyl (C=O) groups is 1. The van der Waals surface area contributed by atoms with E-state index < -0.39 is 11.7 Å². The number of halogens is 2. The summed E-state index contributed by atoms with van der Waals surface area (Å²) in [6.45, 7) is 1.92. The van der Waals surface area contributed by atoms with Gasteiger partial charge in [-0.25, -0.2) is 9.37 Å². The Labute approximate surface area is 118 Å². The average molecular weight is 326 g/mol. The Morgan fingerprint density at radius 2 is 2.37 bits per heavy atom. The Bertz CT molecular complexity index is 571. The predicted octanol–water partition coefficient (Wildman–Crippen LogP) is 3.19. The molecule has 6 heteroatoms. The van der Waals surface area contributed by atoms with Crippen LogP contribution in [0.25, 0.3) is 0 Å². The van der Waals surface area contributed by atoms with Crippen molar-refractivity contribution < 1.29 is 9.18 Å². The third-order valence-corrected chi connectivity index (χ3v) is 3.23. The normalized spacial score (nSPS) is 12.2. The first-order valence-corrected chi connectivity index (χ1v) is 6.66. The fraction of sp³-hybridized carbons (Fsp3) is 0.231. The zero-order valence-corrected chi connectivity index (χ0v) is 11.9. The second-order valence-corrected chi connectivity index (χ2v) is 4.95. The molecule has 1 amide bonds. The van der Waals surface area contributed by atoms with Gasteiger partial charge in [0.15, 0.2) is 0 Å². The average Bonchev–Trinajstić information content (AvgIpc) is 2.89. The molecule has 1 aromatic heterocycles. The molecular formula is C13H13BrFN3O. The monoisotopic (exact) mass is 325 g/mol. The zero-order chi connectivity index (χ0) is 13.8. The number of benzene rings is 1. The number of nitrogens with one attached hydrogen (secondary N) is 2. The van der Waals surface area contributed by atoms with Gasteiger partial charge in [0.2, 0.25) is 0 Å². The predicted molar refractivity (Wildman–Crippen MR) is 73.2 cm³/mol. The van der Waals surface area contributed by atoms with E-state index in [2.05, 4.69) is 31.2 Å². The van der Waals surface area contributed by atoms with E-state index in [-0.39, 0.29) is 11.6 Å². The van der Waals surface area contributed by atoms with Gasteiger partial charge in [0.25, 0.3) is 5.91 Å². The summed E-state index contributed by atoms with van der Waals surface area (Å²) in [5.74, 6) is -0.345. The first-order valence-electron chi connectivity index (χ1n) is 5.87. The third-order valence-electron chi connectivity index (χ3n) is 2.74. The molecule has 1 atom stereocenters. The highest BCUT2D eigenvalue weighted by Gasteiger charge is 2.18. The number of aromatic nitrogens is 2. The van der Waals surface area contributed by atoms with Crippen LogP contribution in [0.4, 0.5) is 4.39 Å². The number of H-pyrrole nitrogens is 1. The molecule has 0 bridgehead atoms. The van der Waals surface area contributed by atoms with Crippen LogP contribution < -0.4 is 5.32 Å². The number of carbonyl (C=O) groups excluding carboxylic acids is 1. The Morgan fingerprint density at radius 3 is 2.95 bits per heavy atom. The van der Waals surface area contributed by atoms with Crippen molar-refractivity contribution in [2.24, 2.45) is 0 Å². The lowest BCUT2D eigenvalue weighted by atomic mass is 10.1. The highest BCUT2D eigenvalue weighted by molar-refractivity contribution is 9.10. The third kappa shape index (κ3) is 3.20.